The van der Waals surface area contributed by atoms with Crippen LogP contribution >= 0.6 is 23.2 Å². The van der Waals surface area contributed by atoms with Crippen LogP contribution in [0.1, 0.15) is 17.3 Å². The summed E-state index contributed by atoms with van der Waals surface area (Å²) in [6.45, 7) is 1.65. The summed E-state index contributed by atoms with van der Waals surface area (Å²) in [5.41, 5.74) is 0.630. The number of carbonyl (C=O) groups excluding carboxylic acids is 2. The number of rotatable bonds is 0. The van der Waals surface area contributed by atoms with Gasteiger partial charge in [-0.1, -0.05) is 23.2 Å². The lowest BCUT2D eigenvalue weighted by Gasteiger charge is -2.20. The lowest BCUT2D eigenvalue weighted by atomic mass is 10.1. The van der Waals surface area contributed by atoms with Crippen LogP contribution in [0.25, 0.3) is 0 Å². The van der Waals surface area contributed by atoms with E-state index in [-0.39, 0.29) is 16.8 Å². The number of amides is 2. The van der Waals surface area contributed by atoms with E-state index in [1.807, 2.05) is 0 Å². The molecular formula is C11H10Cl2N2O2. The van der Waals surface area contributed by atoms with Crippen LogP contribution in [-0.2, 0) is 4.79 Å². The number of likely N-dealkylation sites (N-methyl/N-ethyl adjacent to an activating group) is 1. The Kier molecular flexibility index (Phi) is 3.02. The smallest absolute Gasteiger partial charge is 0.256 e. The van der Waals surface area contributed by atoms with Crippen molar-refractivity contribution in [3.63, 3.8) is 0 Å². The molecule has 1 N–H and O–H groups in total. The Morgan fingerprint density at radius 3 is 2.59 bits per heavy atom. The number of benzene rings is 1. The van der Waals surface area contributed by atoms with Crippen molar-refractivity contribution in [2.24, 2.45) is 0 Å². The summed E-state index contributed by atoms with van der Waals surface area (Å²) in [5, 5.41) is 3.26. The molecule has 2 rings (SSSR count). The van der Waals surface area contributed by atoms with Crippen LogP contribution in [0.3, 0.4) is 0 Å². The second-order valence-electron chi connectivity index (χ2n) is 3.89. The van der Waals surface area contributed by atoms with E-state index in [0.29, 0.717) is 16.3 Å². The maximum atomic E-state index is 12.1. The summed E-state index contributed by atoms with van der Waals surface area (Å²) in [6, 6.07) is 2.44. The Hall–Kier alpha value is -1.26. The highest BCUT2D eigenvalue weighted by Crippen LogP contribution is 2.33. The topological polar surface area (TPSA) is 49.4 Å². The summed E-state index contributed by atoms with van der Waals surface area (Å²) < 4.78 is 0. The highest BCUT2D eigenvalue weighted by atomic mass is 35.5. The minimum atomic E-state index is -0.551. The summed E-state index contributed by atoms with van der Waals surface area (Å²) >= 11 is 11.8. The first-order valence-corrected chi connectivity index (χ1v) is 5.74. The van der Waals surface area contributed by atoms with Crippen molar-refractivity contribution in [2.45, 2.75) is 13.0 Å². The van der Waals surface area contributed by atoms with E-state index in [0.717, 1.165) is 0 Å². The van der Waals surface area contributed by atoms with Crippen molar-refractivity contribution in [3.05, 3.63) is 27.7 Å². The summed E-state index contributed by atoms with van der Waals surface area (Å²) in [6.07, 6.45) is 0. The molecule has 0 bridgehead atoms. The number of nitrogens with zero attached hydrogens (tertiary/aromatic N) is 1. The third-order valence-corrected chi connectivity index (χ3v) is 3.33. The summed E-state index contributed by atoms with van der Waals surface area (Å²) in [5.74, 6) is -0.556. The largest absolute Gasteiger partial charge is 0.330 e. The molecule has 17 heavy (non-hydrogen) atoms. The van der Waals surface area contributed by atoms with E-state index in [1.165, 1.54) is 17.0 Å². The molecule has 1 atom stereocenters. The van der Waals surface area contributed by atoms with Gasteiger partial charge in [0.2, 0.25) is 5.91 Å². The van der Waals surface area contributed by atoms with Gasteiger partial charge in [-0.2, -0.15) is 0 Å². The molecule has 0 aromatic heterocycles. The number of hydrogen-bond acceptors (Lipinski definition) is 2. The lowest BCUT2D eigenvalue weighted by molar-refractivity contribution is -0.119. The van der Waals surface area contributed by atoms with E-state index >= 15 is 0 Å². The van der Waals surface area contributed by atoms with Gasteiger partial charge in [0.25, 0.3) is 5.91 Å². The Morgan fingerprint density at radius 1 is 1.29 bits per heavy atom. The van der Waals surface area contributed by atoms with E-state index in [2.05, 4.69) is 5.32 Å². The summed E-state index contributed by atoms with van der Waals surface area (Å²) in [7, 11) is 1.57. The van der Waals surface area contributed by atoms with Crippen LogP contribution in [0.5, 0.6) is 0 Å². The molecule has 0 radical (unpaired) electrons. The number of hydrogen-bond donors (Lipinski definition) is 1. The zero-order valence-corrected chi connectivity index (χ0v) is 10.8. The Balaban J connectivity index is 2.65. The molecule has 0 saturated heterocycles. The number of fused-ring (bicyclic) bond motifs is 1. The highest BCUT2D eigenvalue weighted by Gasteiger charge is 2.31. The minimum Gasteiger partial charge on any atom is -0.330 e. The molecule has 0 saturated carbocycles. The van der Waals surface area contributed by atoms with Gasteiger partial charge in [-0.25, -0.2) is 0 Å². The monoisotopic (exact) mass is 272 g/mol. The van der Waals surface area contributed by atoms with Crippen LogP contribution < -0.4 is 5.32 Å². The fourth-order valence-electron chi connectivity index (χ4n) is 1.64. The zero-order chi connectivity index (χ0) is 12.7. The average Bonchev–Trinajstić information content (AvgIpc) is 2.34. The third kappa shape index (κ3) is 1.98. The molecular weight excluding hydrogens is 263 g/mol. The predicted molar refractivity (Wildman–Crippen MR) is 66.6 cm³/mol. The molecule has 2 amide bonds. The SMILES string of the molecule is C[C@H]1C(=O)Nc2c(Cl)cc(Cl)cc2C(=O)N1C. The minimum absolute atomic E-state index is 0.261. The van der Waals surface area contributed by atoms with Gasteiger partial charge in [0.1, 0.15) is 6.04 Å². The molecule has 1 heterocycles. The fraction of sp³-hybridized carbons (Fsp3) is 0.273. The van der Waals surface area contributed by atoms with E-state index in [9.17, 15) is 9.59 Å². The Morgan fingerprint density at radius 2 is 1.94 bits per heavy atom. The second kappa shape index (κ2) is 4.20. The van der Waals surface area contributed by atoms with Gasteiger partial charge in [-0.15, -0.1) is 0 Å². The third-order valence-electron chi connectivity index (χ3n) is 2.81. The van der Waals surface area contributed by atoms with Gasteiger partial charge in [-0.05, 0) is 19.1 Å². The molecule has 1 aromatic rings. The Labute approximate surface area is 108 Å². The fourth-order valence-corrected chi connectivity index (χ4v) is 2.18. The van der Waals surface area contributed by atoms with E-state index in [4.69, 9.17) is 23.2 Å². The molecule has 4 nitrogen and oxygen atoms in total. The highest BCUT2D eigenvalue weighted by molar-refractivity contribution is 6.38. The van der Waals surface area contributed by atoms with Gasteiger partial charge in [0, 0.05) is 12.1 Å². The van der Waals surface area contributed by atoms with Crippen molar-refractivity contribution >= 4 is 40.7 Å². The molecule has 0 spiro atoms. The predicted octanol–water partition coefficient (Wildman–Crippen LogP) is 2.41. The average molecular weight is 273 g/mol. The molecule has 6 heteroatoms. The Bertz CT molecular complexity index is 516. The van der Waals surface area contributed by atoms with Crippen molar-refractivity contribution in [3.8, 4) is 0 Å². The standard InChI is InChI=1S/C11H10Cl2N2O2/c1-5-10(16)14-9-7(11(17)15(5)2)3-6(12)4-8(9)13/h3-5H,1-2H3,(H,14,16)/t5-/m0/s1. The molecule has 1 aromatic carbocycles. The first-order chi connectivity index (χ1) is 7.91. The number of nitrogens with one attached hydrogen (secondary N) is 1. The van der Waals surface area contributed by atoms with Gasteiger partial charge in [0.15, 0.2) is 0 Å². The van der Waals surface area contributed by atoms with Gasteiger partial charge < -0.3 is 10.2 Å². The number of carbonyl (C=O) groups is 2. The van der Waals surface area contributed by atoms with E-state index in [1.54, 1.807) is 14.0 Å². The van der Waals surface area contributed by atoms with Gasteiger partial charge >= 0.3 is 0 Å². The number of halogens is 2. The van der Waals surface area contributed by atoms with Crippen molar-refractivity contribution in [1.29, 1.82) is 0 Å². The van der Waals surface area contributed by atoms with Crippen LogP contribution in [0, 0.1) is 0 Å². The maximum absolute atomic E-state index is 12.1. The zero-order valence-electron chi connectivity index (χ0n) is 9.25. The van der Waals surface area contributed by atoms with Crippen molar-refractivity contribution in [1.82, 2.24) is 4.90 Å². The molecule has 1 aliphatic rings. The van der Waals surface area contributed by atoms with Crippen molar-refractivity contribution in [2.75, 3.05) is 12.4 Å². The van der Waals surface area contributed by atoms with Gasteiger partial charge in [-0.3, -0.25) is 9.59 Å². The first-order valence-electron chi connectivity index (χ1n) is 4.99. The molecule has 90 valence electrons. The lowest BCUT2D eigenvalue weighted by Crippen LogP contribution is -2.40. The summed E-state index contributed by atoms with van der Waals surface area (Å²) in [4.78, 5) is 25.2. The van der Waals surface area contributed by atoms with Crippen LogP contribution in [0.4, 0.5) is 5.69 Å². The molecule has 0 unspecified atom stereocenters. The normalized spacial score (nSPS) is 19.8. The van der Waals surface area contributed by atoms with Crippen LogP contribution in [0.15, 0.2) is 12.1 Å². The van der Waals surface area contributed by atoms with Crippen LogP contribution in [0.2, 0.25) is 10.0 Å². The molecule has 0 fully saturated rings. The molecule has 0 aliphatic carbocycles. The first kappa shape index (κ1) is 12.2. The van der Waals surface area contributed by atoms with Crippen LogP contribution in [-0.4, -0.2) is 29.8 Å². The quantitative estimate of drug-likeness (QED) is 0.789. The van der Waals surface area contributed by atoms with Crippen molar-refractivity contribution < 1.29 is 9.59 Å². The number of anilines is 1. The van der Waals surface area contributed by atoms with E-state index < -0.39 is 6.04 Å². The second-order valence-corrected chi connectivity index (χ2v) is 4.74. The molecule has 1 aliphatic heterocycles. The van der Waals surface area contributed by atoms with Gasteiger partial charge in [0.05, 0.1) is 16.3 Å². The maximum Gasteiger partial charge on any atom is 0.256 e.